The van der Waals surface area contributed by atoms with Gasteiger partial charge in [0.05, 0.1) is 0 Å². The van der Waals surface area contributed by atoms with Crippen LogP contribution in [0.25, 0.3) is 68.2 Å². The van der Waals surface area contributed by atoms with Gasteiger partial charge in [-0.2, -0.15) is 0 Å². The molecule has 0 saturated carbocycles. The van der Waals surface area contributed by atoms with Crippen LogP contribution in [-0.4, -0.2) is 18.9 Å². The molecule has 0 aliphatic rings. The van der Waals surface area contributed by atoms with Gasteiger partial charge in [0.25, 0.3) is 0 Å². The molecule has 0 bridgehead atoms. The first kappa shape index (κ1) is 31.5. The van der Waals surface area contributed by atoms with Crippen LogP contribution in [0, 0.1) is 0 Å². The predicted octanol–water partition coefficient (Wildman–Crippen LogP) is 14.3. The Hall–Kier alpha value is -6.84. The van der Waals surface area contributed by atoms with Crippen LogP contribution in [0.4, 0.5) is 34.1 Å². The summed E-state index contributed by atoms with van der Waals surface area (Å²) in [5, 5.41) is 10.4. The van der Waals surface area contributed by atoms with Crippen LogP contribution in [0.5, 0.6) is 0 Å². The second kappa shape index (κ2) is 12.3. The molecule has 9 aromatic carbocycles. The summed E-state index contributed by atoms with van der Waals surface area (Å²) in [5.41, 5.74) is 10.6. The van der Waals surface area contributed by atoms with Crippen molar-refractivity contribution in [3.8, 4) is 0 Å². The second-order valence-electron chi connectivity index (χ2n) is 14.5. The Balaban J connectivity index is 1.15. The van der Waals surface area contributed by atoms with Gasteiger partial charge in [-0.1, -0.05) is 6.07 Å². The quantitative estimate of drug-likeness (QED) is 0.156. The normalized spacial score (nSPS) is 11.9. The zero-order valence-electron chi connectivity index (χ0n) is 30.3. The SMILES string of the molecule is c1ccc(N(c2cccc(N(c3ccccc3)c3cccc4ccccc34)c2)c2cc3[se]c4cccc5c4c3c(c2)c2cccc3c4ccccc4n5c23)cc1. The first-order valence-electron chi connectivity index (χ1n) is 19.1. The van der Waals surface area contributed by atoms with Gasteiger partial charge < -0.3 is 0 Å². The van der Waals surface area contributed by atoms with Crippen molar-refractivity contribution in [3.63, 3.8) is 0 Å². The van der Waals surface area contributed by atoms with Gasteiger partial charge in [0, 0.05) is 0 Å². The van der Waals surface area contributed by atoms with E-state index >= 15 is 0 Å². The van der Waals surface area contributed by atoms with Crippen molar-refractivity contribution in [3.05, 3.63) is 200 Å². The van der Waals surface area contributed by atoms with Gasteiger partial charge >= 0.3 is 325 Å². The fraction of sp³-hybridized carbons (Fsp3) is 0. The number of benzene rings is 9. The molecule has 0 spiro atoms. The zero-order chi connectivity index (χ0) is 36.7. The third-order valence-corrected chi connectivity index (χ3v) is 13.7. The molecule has 0 amide bonds. The summed E-state index contributed by atoms with van der Waals surface area (Å²) in [4.78, 5) is 4.85. The average molecular weight is 779 g/mol. The summed E-state index contributed by atoms with van der Waals surface area (Å²) < 4.78 is 5.41. The maximum absolute atomic E-state index is 2.54. The topological polar surface area (TPSA) is 10.9 Å². The summed E-state index contributed by atoms with van der Waals surface area (Å²) in [6, 6.07) is 73.5. The summed E-state index contributed by atoms with van der Waals surface area (Å²) in [5.74, 6) is 0. The van der Waals surface area contributed by atoms with Crippen LogP contribution < -0.4 is 9.80 Å². The molecule has 262 valence electrons. The van der Waals surface area contributed by atoms with E-state index in [1.54, 1.807) is 0 Å². The number of rotatable bonds is 6. The van der Waals surface area contributed by atoms with E-state index in [0.717, 1.165) is 34.1 Å². The molecule has 4 heteroatoms. The molecule has 56 heavy (non-hydrogen) atoms. The zero-order valence-corrected chi connectivity index (χ0v) is 32.0. The van der Waals surface area contributed by atoms with Gasteiger partial charge in [-0.25, -0.2) is 0 Å². The van der Waals surface area contributed by atoms with Crippen molar-refractivity contribution in [2.45, 2.75) is 0 Å². The van der Waals surface area contributed by atoms with Crippen LogP contribution in [0.3, 0.4) is 0 Å². The van der Waals surface area contributed by atoms with E-state index < -0.39 is 0 Å². The average Bonchev–Trinajstić information content (AvgIpc) is 3.77. The van der Waals surface area contributed by atoms with Crippen molar-refractivity contribution in [2.75, 3.05) is 9.80 Å². The fourth-order valence-corrected chi connectivity index (χ4v) is 11.6. The molecule has 0 aliphatic heterocycles. The van der Waals surface area contributed by atoms with Crippen molar-refractivity contribution in [2.24, 2.45) is 0 Å². The van der Waals surface area contributed by atoms with Gasteiger partial charge in [-0.15, -0.1) is 0 Å². The van der Waals surface area contributed by atoms with Gasteiger partial charge in [-0.3, -0.25) is 0 Å². The minimum absolute atomic E-state index is 0.155. The Kier molecular flexibility index (Phi) is 6.94. The minimum atomic E-state index is 0.155. The number of para-hydroxylation sites is 4. The number of hydrogen-bond donors (Lipinski definition) is 0. The summed E-state index contributed by atoms with van der Waals surface area (Å²) in [6.07, 6.45) is 0. The molecule has 0 aliphatic carbocycles. The Morgan fingerprint density at radius 3 is 1.73 bits per heavy atom. The Morgan fingerprint density at radius 2 is 0.911 bits per heavy atom. The van der Waals surface area contributed by atoms with Gasteiger partial charge in [0.2, 0.25) is 0 Å². The third-order valence-electron chi connectivity index (χ3n) is 11.4. The van der Waals surface area contributed by atoms with E-state index in [1.807, 2.05) is 0 Å². The molecule has 0 atom stereocenters. The van der Waals surface area contributed by atoms with Crippen LogP contribution >= 0.6 is 0 Å². The molecule has 0 N–H and O–H groups in total. The number of hydrogen-bond acceptors (Lipinski definition) is 2. The predicted molar refractivity (Wildman–Crippen MR) is 240 cm³/mol. The second-order valence-corrected chi connectivity index (χ2v) is 16.8. The Morgan fingerprint density at radius 1 is 0.339 bits per heavy atom. The molecule has 3 aromatic heterocycles. The van der Waals surface area contributed by atoms with Crippen LogP contribution in [0.1, 0.15) is 0 Å². The van der Waals surface area contributed by atoms with Crippen LogP contribution in [0.2, 0.25) is 0 Å². The molecular formula is C52H33N3Se. The molecule has 0 radical (unpaired) electrons. The standard InChI is InChI=1S/C52H33N3Se/c1-3-17-35(18-4-1)53(37-21-12-22-38(31-37)54(36-19-5-2-6-20-36)45-28-11-16-34-15-7-8-23-40(34)45)39-32-44-43-26-13-25-42-41-24-9-10-27-46(41)55(52(42)43)47-29-14-30-48-51(47)50(44)49(33-39)56-48/h1-33H. The number of anilines is 6. The molecule has 3 heterocycles. The van der Waals surface area contributed by atoms with E-state index in [2.05, 4.69) is 214 Å². The van der Waals surface area contributed by atoms with E-state index in [-0.39, 0.29) is 14.5 Å². The molecular weight excluding hydrogens is 746 g/mol. The number of fused-ring (bicyclic) bond motifs is 6. The van der Waals surface area contributed by atoms with Crippen molar-refractivity contribution in [1.29, 1.82) is 0 Å². The molecule has 12 rings (SSSR count). The molecule has 3 nitrogen and oxygen atoms in total. The fourth-order valence-electron chi connectivity index (χ4n) is 9.13. The third kappa shape index (κ3) is 4.64. The van der Waals surface area contributed by atoms with Crippen molar-refractivity contribution in [1.82, 2.24) is 4.40 Å². The van der Waals surface area contributed by atoms with E-state index in [9.17, 15) is 0 Å². The van der Waals surface area contributed by atoms with Gasteiger partial charge in [-0.05, 0) is 0 Å². The molecule has 0 fully saturated rings. The summed E-state index contributed by atoms with van der Waals surface area (Å²) >= 11 is 0.155. The first-order valence-corrected chi connectivity index (χ1v) is 20.8. The monoisotopic (exact) mass is 779 g/mol. The number of nitrogens with zero attached hydrogens (tertiary/aromatic N) is 3. The maximum atomic E-state index is 2.54. The summed E-state index contributed by atoms with van der Waals surface area (Å²) in [6.45, 7) is 0. The number of aromatic nitrogens is 1. The van der Waals surface area contributed by atoms with Crippen molar-refractivity contribution < 1.29 is 0 Å². The molecule has 12 aromatic rings. The van der Waals surface area contributed by atoms with Crippen LogP contribution in [0.15, 0.2) is 200 Å². The van der Waals surface area contributed by atoms with Gasteiger partial charge in [0.15, 0.2) is 0 Å². The van der Waals surface area contributed by atoms with Crippen LogP contribution in [-0.2, 0) is 0 Å². The van der Waals surface area contributed by atoms with E-state index in [4.69, 9.17) is 0 Å². The van der Waals surface area contributed by atoms with E-state index in [1.165, 1.54) is 68.2 Å². The Bertz CT molecular complexity index is 3430. The van der Waals surface area contributed by atoms with Crippen molar-refractivity contribution >= 4 is 117 Å². The first-order chi connectivity index (χ1) is 27.8. The Labute approximate surface area is 329 Å². The summed E-state index contributed by atoms with van der Waals surface area (Å²) in [7, 11) is 0. The van der Waals surface area contributed by atoms with Gasteiger partial charge in [0.1, 0.15) is 0 Å². The molecule has 0 saturated heterocycles. The van der Waals surface area contributed by atoms with E-state index in [0.29, 0.717) is 0 Å². The molecule has 0 unspecified atom stereocenters.